The minimum Gasteiger partial charge on any atom is -0.306 e. The molecule has 1 nitrogen and oxygen atoms in total. The molecule has 0 aromatic heterocycles. The lowest BCUT2D eigenvalue weighted by Crippen LogP contribution is -2.31. The van der Waals surface area contributed by atoms with E-state index < -0.39 is 12.2 Å². The summed E-state index contributed by atoms with van der Waals surface area (Å²) in [6.07, 6.45) is -3.32. The van der Waals surface area contributed by atoms with Crippen molar-refractivity contribution in [1.82, 2.24) is 5.32 Å². The molecule has 1 unspecified atom stereocenters. The van der Waals surface area contributed by atoms with Crippen molar-refractivity contribution in [2.45, 2.75) is 44.8 Å². The van der Waals surface area contributed by atoms with E-state index in [1.165, 1.54) is 7.05 Å². The van der Waals surface area contributed by atoms with Gasteiger partial charge in [-0.05, 0) is 30.0 Å². The molecule has 0 saturated heterocycles. The van der Waals surface area contributed by atoms with E-state index in [0.717, 1.165) is 12.0 Å². The van der Waals surface area contributed by atoms with E-state index >= 15 is 0 Å². The largest absolute Gasteiger partial charge is 0.407 e. The van der Waals surface area contributed by atoms with Gasteiger partial charge in [-0.15, -0.1) is 0 Å². The molecular formula is C14H20F3N. The summed E-state index contributed by atoms with van der Waals surface area (Å²) in [6, 6.07) is 5.09. The third-order valence-corrected chi connectivity index (χ3v) is 3.53. The van der Waals surface area contributed by atoms with Crippen molar-refractivity contribution >= 4 is 0 Å². The highest BCUT2D eigenvalue weighted by atomic mass is 19.4. The summed E-state index contributed by atoms with van der Waals surface area (Å²) in [6.45, 7) is 6.24. The Hall–Kier alpha value is -1.03. The van der Waals surface area contributed by atoms with Crippen LogP contribution in [0.1, 0.15) is 44.4 Å². The first-order chi connectivity index (χ1) is 8.22. The van der Waals surface area contributed by atoms with Gasteiger partial charge < -0.3 is 5.32 Å². The van der Waals surface area contributed by atoms with E-state index in [0.29, 0.717) is 0 Å². The second-order valence-electron chi connectivity index (χ2n) is 5.12. The van der Waals surface area contributed by atoms with Crippen LogP contribution in [0, 0.1) is 0 Å². The Labute approximate surface area is 106 Å². The molecule has 1 atom stereocenters. The lowest BCUT2D eigenvalue weighted by Gasteiger charge is -2.25. The van der Waals surface area contributed by atoms with Crippen molar-refractivity contribution in [1.29, 1.82) is 0 Å². The van der Waals surface area contributed by atoms with Crippen molar-refractivity contribution in [2.24, 2.45) is 0 Å². The quantitative estimate of drug-likeness (QED) is 0.854. The highest BCUT2D eigenvalue weighted by molar-refractivity contribution is 5.30. The lowest BCUT2D eigenvalue weighted by molar-refractivity contribution is -0.156. The number of benzene rings is 1. The highest BCUT2D eigenvalue weighted by Crippen LogP contribution is 2.34. The van der Waals surface area contributed by atoms with Crippen molar-refractivity contribution in [2.75, 3.05) is 7.05 Å². The van der Waals surface area contributed by atoms with Gasteiger partial charge in [-0.3, -0.25) is 0 Å². The average Bonchev–Trinajstić information content (AvgIpc) is 2.29. The van der Waals surface area contributed by atoms with Crippen LogP contribution < -0.4 is 5.32 Å². The standard InChI is InChI=1S/C14H20F3N/c1-5-13(2,3)11-8-6-10(7-9-11)12(18-4)14(15,16)17/h6-9,12,18H,5H2,1-4H3. The van der Waals surface area contributed by atoms with Gasteiger partial charge in [-0.1, -0.05) is 45.0 Å². The van der Waals surface area contributed by atoms with Crippen LogP contribution in [0.2, 0.25) is 0 Å². The molecule has 0 heterocycles. The van der Waals surface area contributed by atoms with Gasteiger partial charge in [0.05, 0.1) is 0 Å². The van der Waals surface area contributed by atoms with E-state index in [2.05, 4.69) is 26.1 Å². The predicted octanol–water partition coefficient (Wildman–Crippen LogP) is 4.20. The Balaban J connectivity index is 3.02. The van der Waals surface area contributed by atoms with Crippen LogP contribution in [0.3, 0.4) is 0 Å². The summed E-state index contributed by atoms with van der Waals surface area (Å²) in [4.78, 5) is 0. The molecular weight excluding hydrogens is 239 g/mol. The van der Waals surface area contributed by atoms with Gasteiger partial charge in [0.15, 0.2) is 0 Å². The first kappa shape index (κ1) is 15.0. The van der Waals surface area contributed by atoms with E-state index in [9.17, 15) is 13.2 Å². The number of rotatable bonds is 4. The monoisotopic (exact) mass is 259 g/mol. The van der Waals surface area contributed by atoms with E-state index in [1.807, 2.05) is 0 Å². The average molecular weight is 259 g/mol. The molecule has 0 bridgehead atoms. The Morgan fingerprint density at radius 1 is 1.11 bits per heavy atom. The highest BCUT2D eigenvalue weighted by Gasteiger charge is 2.39. The zero-order valence-electron chi connectivity index (χ0n) is 11.2. The molecule has 1 aromatic carbocycles. The van der Waals surface area contributed by atoms with Crippen LogP contribution in [0.15, 0.2) is 24.3 Å². The second kappa shape index (κ2) is 5.31. The molecule has 0 aliphatic heterocycles. The fourth-order valence-corrected chi connectivity index (χ4v) is 1.85. The third-order valence-electron chi connectivity index (χ3n) is 3.53. The molecule has 1 aromatic rings. The third kappa shape index (κ3) is 3.25. The van der Waals surface area contributed by atoms with Gasteiger partial charge in [0, 0.05) is 0 Å². The molecule has 0 fully saturated rings. The van der Waals surface area contributed by atoms with E-state index in [-0.39, 0.29) is 11.0 Å². The second-order valence-corrected chi connectivity index (χ2v) is 5.12. The van der Waals surface area contributed by atoms with Crippen molar-refractivity contribution in [3.05, 3.63) is 35.4 Å². The number of hydrogen-bond acceptors (Lipinski definition) is 1. The summed E-state index contributed by atoms with van der Waals surface area (Å²) in [5, 5.41) is 2.31. The van der Waals surface area contributed by atoms with Gasteiger partial charge in [-0.25, -0.2) is 0 Å². The number of hydrogen-bond donors (Lipinski definition) is 1. The minimum absolute atomic E-state index is 0.00803. The molecule has 0 radical (unpaired) electrons. The number of nitrogens with one attached hydrogen (secondary N) is 1. The zero-order valence-corrected chi connectivity index (χ0v) is 11.2. The van der Waals surface area contributed by atoms with Crippen LogP contribution in [0.25, 0.3) is 0 Å². The Morgan fingerprint density at radius 3 is 1.94 bits per heavy atom. The summed E-state index contributed by atoms with van der Waals surface area (Å²) in [5.41, 5.74) is 1.30. The fraction of sp³-hybridized carbons (Fsp3) is 0.571. The first-order valence-electron chi connectivity index (χ1n) is 6.06. The first-order valence-corrected chi connectivity index (χ1v) is 6.06. The Kier molecular flexibility index (Phi) is 4.43. The van der Waals surface area contributed by atoms with Crippen LogP contribution >= 0.6 is 0 Å². The molecule has 0 amide bonds. The Bertz CT molecular complexity index is 379. The SMILES string of the molecule is CCC(C)(C)c1ccc(C(NC)C(F)(F)F)cc1. The van der Waals surface area contributed by atoms with Crippen LogP contribution in [0.5, 0.6) is 0 Å². The maximum Gasteiger partial charge on any atom is 0.407 e. The van der Waals surface area contributed by atoms with Gasteiger partial charge >= 0.3 is 6.18 Å². The van der Waals surface area contributed by atoms with Crippen molar-refractivity contribution in [3.63, 3.8) is 0 Å². The predicted molar refractivity (Wildman–Crippen MR) is 67.6 cm³/mol. The van der Waals surface area contributed by atoms with E-state index in [1.54, 1.807) is 24.3 Å². The maximum atomic E-state index is 12.7. The van der Waals surface area contributed by atoms with Crippen molar-refractivity contribution in [3.8, 4) is 0 Å². The maximum absolute atomic E-state index is 12.7. The Morgan fingerprint density at radius 2 is 1.61 bits per heavy atom. The van der Waals surface area contributed by atoms with Crippen LogP contribution in [-0.2, 0) is 5.41 Å². The van der Waals surface area contributed by atoms with E-state index in [4.69, 9.17) is 0 Å². The lowest BCUT2D eigenvalue weighted by atomic mass is 9.82. The smallest absolute Gasteiger partial charge is 0.306 e. The van der Waals surface area contributed by atoms with Crippen LogP contribution in [0.4, 0.5) is 13.2 Å². The number of halogens is 3. The molecule has 0 aliphatic carbocycles. The summed E-state index contributed by atoms with van der Waals surface area (Å²) in [5.74, 6) is 0. The number of alkyl halides is 3. The van der Waals surface area contributed by atoms with Gasteiger partial charge in [0.25, 0.3) is 0 Å². The molecule has 1 N–H and O–H groups in total. The molecule has 102 valence electrons. The molecule has 18 heavy (non-hydrogen) atoms. The molecule has 0 aliphatic rings. The zero-order chi connectivity index (χ0) is 14.0. The normalized spacial score (nSPS) is 14.6. The van der Waals surface area contributed by atoms with Gasteiger partial charge in [-0.2, -0.15) is 13.2 Å². The molecule has 4 heteroatoms. The molecule has 0 saturated carbocycles. The summed E-state index contributed by atoms with van der Waals surface area (Å²) >= 11 is 0. The summed E-state index contributed by atoms with van der Waals surface area (Å²) in [7, 11) is 1.32. The van der Waals surface area contributed by atoms with Crippen LogP contribution in [-0.4, -0.2) is 13.2 Å². The van der Waals surface area contributed by atoms with Gasteiger partial charge in [0.2, 0.25) is 0 Å². The topological polar surface area (TPSA) is 12.0 Å². The minimum atomic E-state index is -4.27. The van der Waals surface area contributed by atoms with Gasteiger partial charge in [0.1, 0.15) is 6.04 Å². The van der Waals surface area contributed by atoms with Crippen molar-refractivity contribution < 1.29 is 13.2 Å². The fourth-order valence-electron chi connectivity index (χ4n) is 1.85. The molecule has 0 spiro atoms. The molecule has 1 rings (SSSR count). The summed E-state index contributed by atoms with van der Waals surface area (Å²) < 4.78 is 38.2.